The van der Waals surface area contributed by atoms with Crippen molar-refractivity contribution in [1.29, 1.82) is 0 Å². The summed E-state index contributed by atoms with van der Waals surface area (Å²) in [4.78, 5) is 11.5. The van der Waals surface area contributed by atoms with E-state index in [-0.39, 0.29) is 24.6 Å². The van der Waals surface area contributed by atoms with Crippen molar-refractivity contribution in [2.75, 3.05) is 18.6 Å². The lowest BCUT2D eigenvalue weighted by Gasteiger charge is -2.05. The standard InChI is InChI=1S/C12H18N2O3S/c1-18(16,17)7-6-14-12(15)8-10-2-4-11(9-13)5-3-10/h2-5H,6-9,13H2,1H3,(H,14,15). The second-order valence-corrected chi connectivity index (χ2v) is 6.44. The Kier molecular flexibility index (Phi) is 5.30. The number of hydrogen-bond acceptors (Lipinski definition) is 4. The largest absolute Gasteiger partial charge is 0.355 e. The summed E-state index contributed by atoms with van der Waals surface area (Å²) in [5.41, 5.74) is 7.36. The summed E-state index contributed by atoms with van der Waals surface area (Å²) in [6, 6.07) is 7.44. The van der Waals surface area contributed by atoms with Crippen LogP contribution in [0.25, 0.3) is 0 Å². The molecule has 0 aliphatic rings. The van der Waals surface area contributed by atoms with E-state index in [4.69, 9.17) is 5.73 Å². The molecule has 1 amide bonds. The van der Waals surface area contributed by atoms with Crippen molar-refractivity contribution in [3.8, 4) is 0 Å². The van der Waals surface area contributed by atoms with Crippen LogP contribution < -0.4 is 11.1 Å². The molecule has 18 heavy (non-hydrogen) atoms. The second kappa shape index (κ2) is 6.51. The van der Waals surface area contributed by atoms with Gasteiger partial charge in [-0.1, -0.05) is 24.3 Å². The molecule has 6 heteroatoms. The number of carbonyl (C=O) groups excluding carboxylic acids is 1. The monoisotopic (exact) mass is 270 g/mol. The molecule has 3 N–H and O–H groups in total. The fraction of sp³-hybridized carbons (Fsp3) is 0.417. The topological polar surface area (TPSA) is 89.3 Å². The van der Waals surface area contributed by atoms with E-state index < -0.39 is 9.84 Å². The van der Waals surface area contributed by atoms with E-state index >= 15 is 0 Å². The first-order valence-corrected chi connectivity index (χ1v) is 7.69. The van der Waals surface area contributed by atoms with E-state index in [1.165, 1.54) is 0 Å². The van der Waals surface area contributed by atoms with Gasteiger partial charge in [0.25, 0.3) is 0 Å². The first-order chi connectivity index (χ1) is 8.40. The Bertz CT molecular complexity index is 495. The van der Waals surface area contributed by atoms with Crippen LogP contribution in [-0.2, 0) is 27.6 Å². The van der Waals surface area contributed by atoms with E-state index in [1.54, 1.807) is 0 Å². The molecule has 100 valence electrons. The summed E-state index contributed by atoms with van der Waals surface area (Å²) < 4.78 is 21.8. The molecule has 0 saturated heterocycles. The van der Waals surface area contributed by atoms with Crippen LogP contribution in [0.3, 0.4) is 0 Å². The van der Waals surface area contributed by atoms with Crippen molar-refractivity contribution in [2.45, 2.75) is 13.0 Å². The van der Waals surface area contributed by atoms with E-state index in [2.05, 4.69) is 5.32 Å². The summed E-state index contributed by atoms with van der Waals surface area (Å²) in [5.74, 6) is -0.218. The molecule has 5 nitrogen and oxygen atoms in total. The fourth-order valence-electron chi connectivity index (χ4n) is 1.42. The van der Waals surface area contributed by atoms with E-state index in [9.17, 15) is 13.2 Å². The highest BCUT2D eigenvalue weighted by Gasteiger charge is 2.05. The van der Waals surface area contributed by atoms with Crippen molar-refractivity contribution < 1.29 is 13.2 Å². The Morgan fingerprint density at radius 2 is 1.78 bits per heavy atom. The van der Waals surface area contributed by atoms with Gasteiger partial charge in [-0.15, -0.1) is 0 Å². The number of benzene rings is 1. The van der Waals surface area contributed by atoms with Crippen LogP contribution >= 0.6 is 0 Å². The minimum atomic E-state index is -3.03. The van der Waals surface area contributed by atoms with Gasteiger partial charge in [0.2, 0.25) is 5.91 Å². The third kappa shape index (κ3) is 5.79. The molecule has 0 heterocycles. The fourth-order valence-corrected chi connectivity index (χ4v) is 1.89. The van der Waals surface area contributed by atoms with E-state index in [1.807, 2.05) is 24.3 Å². The van der Waals surface area contributed by atoms with Crippen molar-refractivity contribution in [2.24, 2.45) is 5.73 Å². The lowest BCUT2D eigenvalue weighted by Crippen LogP contribution is -2.29. The SMILES string of the molecule is CS(=O)(=O)CCNC(=O)Cc1ccc(CN)cc1. The molecule has 0 radical (unpaired) electrons. The summed E-state index contributed by atoms with van der Waals surface area (Å²) in [7, 11) is -3.03. The molecule has 0 aliphatic heterocycles. The molecule has 0 aliphatic carbocycles. The second-order valence-electron chi connectivity index (χ2n) is 4.18. The number of carbonyl (C=O) groups is 1. The van der Waals surface area contributed by atoms with E-state index in [0.29, 0.717) is 6.54 Å². The number of nitrogens with two attached hydrogens (primary N) is 1. The maximum Gasteiger partial charge on any atom is 0.224 e. The normalized spacial score (nSPS) is 11.2. The molecule has 1 aromatic rings. The van der Waals surface area contributed by atoms with Crippen molar-refractivity contribution in [1.82, 2.24) is 5.32 Å². The molecule has 0 aromatic heterocycles. The van der Waals surface area contributed by atoms with E-state index in [0.717, 1.165) is 17.4 Å². The molecule has 0 fully saturated rings. The summed E-state index contributed by atoms with van der Waals surface area (Å²) in [6.45, 7) is 0.624. The maximum atomic E-state index is 11.5. The van der Waals surface area contributed by atoms with Crippen LogP contribution in [0.2, 0.25) is 0 Å². The van der Waals surface area contributed by atoms with Crippen LogP contribution in [-0.4, -0.2) is 32.9 Å². The van der Waals surface area contributed by atoms with Gasteiger partial charge in [0, 0.05) is 19.3 Å². The van der Waals surface area contributed by atoms with Crippen molar-refractivity contribution in [3.63, 3.8) is 0 Å². The van der Waals surface area contributed by atoms with Crippen LogP contribution in [0.5, 0.6) is 0 Å². The average Bonchev–Trinajstić information content (AvgIpc) is 2.28. The molecule has 0 saturated carbocycles. The van der Waals surface area contributed by atoms with Gasteiger partial charge >= 0.3 is 0 Å². The van der Waals surface area contributed by atoms with Gasteiger partial charge in [-0.05, 0) is 11.1 Å². The highest BCUT2D eigenvalue weighted by atomic mass is 32.2. The summed E-state index contributed by atoms with van der Waals surface area (Å²) in [6.07, 6.45) is 1.39. The third-order valence-electron chi connectivity index (χ3n) is 2.42. The zero-order valence-electron chi connectivity index (χ0n) is 10.3. The molecule has 1 rings (SSSR count). The lowest BCUT2D eigenvalue weighted by molar-refractivity contribution is -0.120. The van der Waals surface area contributed by atoms with Crippen LogP contribution in [0.4, 0.5) is 0 Å². The molecular weight excluding hydrogens is 252 g/mol. The zero-order valence-corrected chi connectivity index (χ0v) is 11.2. The molecule has 0 unspecified atom stereocenters. The van der Waals surface area contributed by atoms with Crippen molar-refractivity contribution >= 4 is 15.7 Å². The number of amides is 1. The minimum absolute atomic E-state index is 0.0369. The summed E-state index contributed by atoms with van der Waals surface area (Å²) >= 11 is 0. The van der Waals surface area contributed by atoms with Crippen LogP contribution in [0, 0.1) is 0 Å². The Labute approximate surface area is 107 Å². The molecule has 0 spiro atoms. The molecule has 0 bridgehead atoms. The molecule has 0 atom stereocenters. The summed E-state index contributed by atoms with van der Waals surface area (Å²) in [5, 5.41) is 2.57. The maximum absolute atomic E-state index is 11.5. The van der Waals surface area contributed by atoms with Crippen LogP contribution in [0.15, 0.2) is 24.3 Å². The lowest BCUT2D eigenvalue weighted by atomic mass is 10.1. The molecule has 1 aromatic carbocycles. The van der Waals surface area contributed by atoms with Crippen molar-refractivity contribution in [3.05, 3.63) is 35.4 Å². The Balaban J connectivity index is 2.39. The minimum Gasteiger partial charge on any atom is -0.355 e. The van der Waals surface area contributed by atoms with Gasteiger partial charge in [0.05, 0.1) is 12.2 Å². The van der Waals surface area contributed by atoms with Gasteiger partial charge < -0.3 is 11.1 Å². The average molecular weight is 270 g/mol. The molecular formula is C12H18N2O3S. The Hall–Kier alpha value is -1.40. The number of rotatable bonds is 6. The first-order valence-electron chi connectivity index (χ1n) is 5.63. The van der Waals surface area contributed by atoms with Gasteiger partial charge in [0.1, 0.15) is 9.84 Å². The van der Waals surface area contributed by atoms with Gasteiger partial charge in [0.15, 0.2) is 0 Å². The van der Waals surface area contributed by atoms with Gasteiger partial charge in [-0.25, -0.2) is 8.42 Å². The zero-order chi connectivity index (χ0) is 13.6. The number of sulfone groups is 1. The Morgan fingerprint density at radius 1 is 1.22 bits per heavy atom. The predicted octanol–water partition coefficient (Wildman–Crippen LogP) is -0.151. The highest BCUT2D eigenvalue weighted by Crippen LogP contribution is 2.04. The van der Waals surface area contributed by atoms with Gasteiger partial charge in [-0.2, -0.15) is 0 Å². The Morgan fingerprint density at radius 3 is 2.28 bits per heavy atom. The van der Waals surface area contributed by atoms with Crippen LogP contribution in [0.1, 0.15) is 11.1 Å². The first kappa shape index (κ1) is 14.7. The highest BCUT2D eigenvalue weighted by molar-refractivity contribution is 7.90. The number of hydrogen-bond donors (Lipinski definition) is 2. The quantitative estimate of drug-likeness (QED) is 0.752. The smallest absolute Gasteiger partial charge is 0.224 e. The number of nitrogens with one attached hydrogen (secondary N) is 1. The predicted molar refractivity (Wildman–Crippen MR) is 70.8 cm³/mol. The third-order valence-corrected chi connectivity index (χ3v) is 3.36. The van der Waals surface area contributed by atoms with Gasteiger partial charge in [-0.3, -0.25) is 4.79 Å².